The fourth-order valence-corrected chi connectivity index (χ4v) is 0.798. The molecule has 0 heterocycles. The number of hydrogen-bond donors (Lipinski definition) is 2. The van der Waals surface area contributed by atoms with Crippen LogP contribution in [0, 0.1) is 0 Å². The summed E-state index contributed by atoms with van der Waals surface area (Å²) >= 11 is 0. The lowest BCUT2D eigenvalue weighted by molar-refractivity contribution is -0.138. The van der Waals surface area contributed by atoms with Gasteiger partial charge in [-0.25, -0.2) is 5.09 Å². The van der Waals surface area contributed by atoms with Crippen LogP contribution >= 0.6 is 8.12 Å². The Balaban J connectivity index is 4.04. The van der Waals surface area contributed by atoms with E-state index in [0.717, 1.165) is 7.11 Å². The third kappa shape index (κ3) is 3.61. The fourth-order valence-electron chi connectivity index (χ4n) is 0.266. The van der Waals surface area contributed by atoms with Gasteiger partial charge in [0.1, 0.15) is 7.32 Å². The highest BCUT2D eigenvalue weighted by Gasteiger charge is 2.11. The van der Waals surface area contributed by atoms with Crippen LogP contribution in [-0.4, -0.2) is 25.5 Å². The highest BCUT2D eigenvalue weighted by molar-refractivity contribution is 7.36. The quantitative estimate of drug-likeness (QED) is 0.581. The zero-order valence-corrected chi connectivity index (χ0v) is 6.59. The molecule has 60 valence electrons. The molecule has 0 aliphatic carbocycles. The first-order chi connectivity index (χ1) is 4.89. The predicted molar refractivity (Wildman–Crippen MR) is 36.2 cm³/mol. The average Bonchev–Trinajstić information content (AvgIpc) is 1.87. The molecule has 0 bridgehead atoms. The molecule has 2 atom stereocenters. The molecule has 5 nitrogen and oxygen atoms in total. The summed E-state index contributed by atoms with van der Waals surface area (Å²) in [6.45, 7) is 1.28. The second-order valence-electron chi connectivity index (χ2n) is 1.63. The lowest BCUT2D eigenvalue weighted by Gasteiger charge is -2.05. The Bertz CT molecular complexity index is 197. The molecular weight excluding hydrogens is 157 g/mol. The van der Waals surface area contributed by atoms with Gasteiger partial charge in [0, 0.05) is 7.11 Å². The molecule has 0 aromatic carbocycles. The average molecular weight is 168 g/mol. The Labute approximate surface area is 60.6 Å². The van der Waals surface area contributed by atoms with Crippen LogP contribution in [0.3, 0.4) is 0 Å². The molecule has 10 heavy (non-hydrogen) atoms. The molecule has 0 spiro atoms. The van der Waals surface area contributed by atoms with Crippen LogP contribution < -0.4 is 5.09 Å². The molecule has 0 aliphatic heterocycles. The maximum absolute atomic E-state index is 10.8. The number of nitrogens with one attached hydrogen (secondary N) is 1. The molecule has 0 saturated carbocycles. The third-order valence-corrected chi connectivity index (χ3v) is 1.77. The summed E-state index contributed by atoms with van der Waals surface area (Å²) in [5.74, 6) is -1.17. The van der Waals surface area contributed by atoms with Gasteiger partial charge in [0.05, 0.1) is 0 Å². The Morgan fingerprint density at radius 3 is 2.80 bits per heavy atom. The van der Waals surface area contributed by atoms with Crippen molar-refractivity contribution in [1.82, 2.24) is 5.09 Å². The second-order valence-corrected chi connectivity index (χ2v) is 2.77. The first kappa shape index (κ1) is 7.72. The number of aliphatic carboxylic acids is 1. The predicted octanol–water partition coefficient (Wildman–Crippen LogP) is 0.0852. The van der Waals surface area contributed by atoms with E-state index in [1.807, 2.05) is 5.09 Å². The van der Waals surface area contributed by atoms with Gasteiger partial charge in [0.2, 0.25) is 0 Å². The number of rotatable bonds is 4. The van der Waals surface area contributed by atoms with Gasteiger partial charge in [-0.1, -0.05) is 0 Å². The van der Waals surface area contributed by atoms with Crippen molar-refractivity contribution in [2.24, 2.45) is 0 Å². The molecule has 2 N–H and O–H groups in total. The van der Waals surface area contributed by atoms with Gasteiger partial charge in [-0.15, -0.1) is 0 Å². The molecule has 6 heteroatoms. The van der Waals surface area contributed by atoms with Crippen LogP contribution in [0.2, 0.25) is 0 Å². The largest absolute Gasteiger partial charge is 0.480 e. The first-order valence-electron chi connectivity index (χ1n) is 3.03. The molecule has 0 amide bonds. The van der Waals surface area contributed by atoms with Crippen molar-refractivity contribution < 1.29 is 19.0 Å². The molecular formula is C4H10NO4P. The van der Waals surface area contributed by atoms with E-state index in [1.54, 1.807) is 0 Å². The standard InChI is InChI=1S/C4H10NO4P/c1-3(4(6)7)5-10(8)9-2/h3,10H,1-2H3,(H,5,8)(H,6,7)/i10D. The summed E-state index contributed by atoms with van der Waals surface area (Å²) < 4.78 is 21.8. The van der Waals surface area contributed by atoms with Crippen LogP contribution in [0.5, 0.6) is 0 Å². The van der Waals surface area contributed by atoms with E-state index in [-0.39, 0.29) is 0 Å². The van der Waals surface area contributed by atoms with Crippen LogP contribution in [0.25, 0.3) is 0 Å². The monoisotopic (exact) mass is 168 g/mol. The van der Waals surface area contributed by atoms with Gasteiger partial charge in [-0.2, -0.15) is 0 Å². The van der Waals surface area contributed by atoms with Crippen molar-refractivity contribution in [1.29, 1.82) is 1.28 Å². The van der Waals surface area contributed by atoms with Crippen LogP contribution in [-0.2, 0) is 13.9 Å². The van der Waals surface area contributed by atoms with E-state index < -0.39 is 20.1 Å². The minimum Gasteiger partial charge on any atom is -0.480 e. The van der Waals surface area contributed by atoms with Gasteiger partial charge < -0.3 is 9.63 Å². The maximum Gasteiger partial charge on any atom is 0.320 e. The lowest BCUT2D eigenvalue weighted by atomic mass is 10.4. The zero-order chi connectivity index (χ0) is 9.07. The van der Waals surface area contributed by atoms with E-state index in [1.165, 1.54) is 6.92 Å². The highest BCUT2D eigenvalue weighted by Crippen LogP contribution is 2.14. The molecule has 0 fully saturated rings. The van der Waals surface area contributed by atoms with Gasteiger partial charge in [-0.05, 0) is 6.92 Å². The molecule has 0 rings (SSSR count). The van der Waals surface area contributed by atoms with Gasteiger partial charge in [0.15, 0.2) is 0 Å². The van der Waals surface area contributed by atoms with Crippen molar-refractivity contribution in [2.45, 2.75) is 13.0 Å². The maximum atomic E-state index is 10.8. The third-order valence-electron chi connectivity index (χ3n) is 0.835. The lowest BCUT2D eigenvalue weighted by Crippen LogP contribution is -2.28. The number of carbonyl (C=O) groups is 1. The Morgan fingerprint density at radius 2 is 2.50 bits per heavy atom. The summed E-state index contributed by atoms with van der Waals surface area (Å²) in [5, 5.41) is 10.3. The van der Waals surface area contributed by atoms with Crippen molar-refractivity contribution in [3.05, 3.63) is 0 Å². The minimum absolute atomic E-state index is 1.04. The summed E-state index contributed by atoms with van der Waals surface area (Å²) in [6, 6.07) is -1.04. The van der Waals surface area contributed by atoms with Crippen molar-refractivity contribution in [3.8, 4) is 0 Å². The Morgan fingerprint density at radius 1 is 2.00 bits per heavy atom. The molecule has 0 radical (unpaired) electrons. The van der Waals surface area contributed by atoms with Crippen molar-refractivity contribution in [3.63, 3.8) is 0 Å². The normalized spacial score (nSPS) is 20.8. The molecule has 0 aromatic heterocycles. The summed E-state index contributed by atoms with van der Waals surface area (Å²) in [5.41, 5.74) is 0. The minimum atomic E-state index is -3.66. The van der Waals surface area contributed by atoms with Gasteiger partial charge >= 0.3 is 5.97 Å². The summed E-state index contributed by atoms with van der Waals surface area (Å²) in [7, 11) is -2.59. The van der Waals surface area contributed by atoms with E-state index in [0.29, 0.717) is 0 Å². The molecule has 2 unspecified atom stereocenters. The molecule has 0 aromatic rings. The number of carboxylic acids is 1. The Kier molecular flexibility index (Phi) is 3.43. The van der Waals surface area contributed by atoms with Crippen LogP contribution in [0.1, 0.15) is 6.92 Å². The van der Waals surface area contributed by atoms with E-state index in [9.17, 15) is 9.36 Å². The number of carboxylic acid groups (broad SMARTS) is 1. The summed E-state index contributed by atoms with van der Waals surface area (Å²) in [6.07, 6.45) is 0. The van der Waals surface area contributed by atoms with Crippen LogP contribution in [0.15, 0.2) is 0 Å². The van der Waals surface area contributed by atoms with Gasteiger partial charge in [0.25, 0.3) is 8.12 Å². The SMILES string of the molecule is [2H]P(=O)(NC(C)C(=O)O)OC. The van der Waals surface area contributed by atoms with E-state index in [4.69, 9.17) is 6.39 Å². The second kappa shape index (κ2) is 4.44. The van der Waals surface area contributed by atoms with Gasteiger partial charge in [-0.3, -0.25) is 9.36 Å². The Hall–Kier alpha value is -0.380. The number of hydrogen-bond acceptors (Lipinski definition) is 3. The van der Waals surface area contributed by atoms with E-state index in [2.05, 4.69) is 4.52 Å². The zero-order valence-electron chi connectivity index (χ0n) is 6.70. The summed E-state index contributed by atoms with van der Waals surface area (Å²) in [4.78, 5) is 10.2. The fraction of sp³-hybridized carbons (Fsp3) is 0.750. The molecule has 0 aliphatic rings. The topological polar surface area (TPSA) is 75.6 Å². The van der Waals surface area contributed by atoms with E-state index >= 15 is 0 Å². The smallest absolute Gasteiger partial charge is 0.320 e. The first-order valence-corrected chi connectivity index (χ1v) is 3.76. The van der Waals surface area contributed by atoms with Crippen LogP contribution in [0.4, 0.5) is 0 Å². The van der Waals surface area contributed by atoms with Crippen molar-refractivity contribution in [2.75, 3.05) is 7.11 Å². The highest BCUT2D eigenvalue weighted by atomic mass is 31.1. The molecule has 0 saturated heterocycles. The van der Waals surface area contributed by atoms with Crippen molar-refractivity contribution >= 4 is 14.1 Å².